The lowest BCUT2D eigenvalue weighted by atomic mass is 9.90. The Kier molecular flexibility index (Phi) is 3.22. The molecule has 0 bridgehead atoms. The minimum atomic E-state index is -0.257. The van der Waals surface area contributed by atoms with Gasteiger partial charge in [-0.2, -0.15) is 0 Å². The zero-order valence-electron chi connectivity index (χ0n) is 13.2. The van der Waals surface area contributed by atoms with Gasteiger partial charge >= 0.3 is 0 Å². The molecule has 3 aliphatic rings. The molecule has 2 heterocycles. The Hall–Kier alpha value is -2.56. The number of hydrogen-bond acceptors (Lipinski definition) is 5. The second kappa shape index (κ2) is 5.26. The highest BCUT2D eigenvalue weighted by molar-refractivity contribution is 6.10. The van der Waals surface area contributed by atoms with Crippen molar-refractivity contribution in [2.24, 2.45) is 4.99 Å². The summed E-state index contributed by atoms with van der Waals surface area (Å²) in [5.74, 6) is 2.00. The van der Waals surface area contributed by atoms with Gasteiger partial charge < -0.3 is 14.2 Å². The highest BCUT2D eigenvalue weighted by Crippen LogP contribution is 2.42. The SMILES string of the molecule is COC1=C[C@H]2Oc3c(OC)ccc4c3C(=NCC4)CC2=CC1=N. The van der Waals surface area contributed by atoms with E-state index >= 15 is 0 Å². The van der Waals surface area contributed by atoms with Crippen LogP contribution < -0.4 is 9.47 Å². The molecule has 5 nitrogen and oxygen atoms in total. The Morgan fingerprint density at radius 2 is 2.13 bits per heavy atom. The molecule has 0 saturated carbocycles. The van der Waals surface area contributed by atoms with Crippen LogP contribution in [0, 0.1) is 5.41 Å². The molecule has 1 aromatic rings. The molecule has 4 rings (SSSR count). The lowest BCUT2D eigenvalue weighted by molar-refractivity contribution is 0.252. The van der Waals surface area contributed by atoms with Crippen LogP contribution in [-0.4, -0.2) is 38.3 Å². The zero-order chi connectivity index (χ0) is 16.0. The summed E-state index contributed by atoms with van der Waals surface area (Å²) in [6.07, 6.45) is 5.03. The van der Waals surface area contributed by atoms with E-state index in [-0.39, 0.29) is 6.10 Å². The normalized spacial score (nSPS) is 21.7. The van der Waals surface area contributed by atoms with Crippen LogP contribution in [0.3, 0.4) is 0 Å². The molecule has 1 aliphatic carbocycles. The molecular formula is C18H18N2O3. The van der Waals surface area contributed by atoms with Crippen molar-refractivity contribution in [1.29, 1.82) is 5.41 Å². The van der Waals surface area contributed by atoms with Crippen molar-refractivity contribution < 1.29 is 14.2 Å². The number of aliphatic imine (C=N–C) groups is 1. The number of methoxy groups -OCH3 is 2. The van der Waals surface area contributed by atoms with Crippen LogP contribution in [0.25, 0.3) is 0 Å². The summed E-state index contributed by atoms with van der Waals surface area (Å²) >= 11 is 0. The van der Waals surface area contributed by atoms with Gasteiger partial charge in [-0.3, -0.25) is 10.4 Å². The van der Waals surface area contributed by atoms with Crippen LogP contribution >= 0.6 is 0 Å². The summed E-state index contributed by atoms with van der Waals surface area (Å²) in [6.45, 7) is 0.794. The quantitative estimate of drug-likeness (QED) is 0.913. The molecule has 1 aromatic carbocycles. The number of hydrogen-bond donors (Lipinski definition) is 1. The van der Waals surface area contributed by atoms with Crippen molar-refractivity contribution in [1.82, 2.24) is 0 Å². The van der Waals surface area contributed by atoms with E-state index in [1.807, 2.05) is 18.2 Å². The van der Waals surface area contributed by atoms with Gasteiger partial charge in [0, 0.05) is 24.6 Å². The summed E-state index contributed by atoms with van der Waals surface area (Å²) in [5, 5.41) is 8.07. The lowest BCUT2D eigenvalue weighted by Crippen LogP contribution is -2.23. The molecule has 23 heavy (non-hydrogen) atoms. The van der Waals surface area contributed by atoms with Gasteiger partial charge in [-0.25, -0.2) is 0 Å². The topological polar surface area (TPSA) is 63.9 Å². The summed E-state index contributed by atoms with van der Waals surface area (Å²) in [4.78, 5) is 4.71. The Bertz CT molecular complexity index is 790. The second-order valence-corrected chi connectivity index (χ2v) is 5.79. The molecule has 1 N–H and O–H groups in total. The molecule has 0 saturated heterocycles. The summed E-state index contributed by atoms with van der Waals surface area (Å²) in [5.41, 5.74) is 4.73. The third-order valence-electron chi connectivity index (χ3n) is 4.50. The molecular weight excluding hydrogens is 292 g/mol. The van der Waals surface area contributed by atoms with Crippen molar-refractivity contribution in [2.75, 3.05) is 20.8 Å². The zero-order valence-corrected chi connectivity index (χ0v) is 13.2. The van der Waals surface area contributed by atoms with Crippen LogP contribution in [0.15, 0.2) is 40.6 Å². The average molecular weight is 310 g/mol. The van der Waals surface area contributed by atoms with Crippen molar-refractivity contribution in [3.63, 3.8) is 0 Å². The summed E-state index contributed by atoms with van der Waals surface area (Å²) in [7, 11) is 3.22. The molecule has 5 heteroatoms. The predicted molar refractivity (Wildman–Crippen MR) is 88.0 cm³/mol. The first kappa shape index (κ1) is 14.1. The Morgan fingerprint density at radius 1 is 1.26 bits per heavy atom. The highest BCUT2D eigenvalue weighted by Gasteiger charge is 2.33. The largest absolute Gasteiger partial charge is 0.495 e. The second-order valence-electron chi connectivity index (χ2n) is 5.79. The lowest BCUT2D eigenvalue weighted by Gasteiger charge is -2.23. The number of benzene rings is 1. The monoisotopic (exact) mass is 310 g/mol. The number of nitrogens with zero attached hydrogens (tertiary/aromatic N) is 1. The van der Waals surface area contributed by atoms with Gasteiger partial charge in [0.2, 0.25) is 0 Å². The number of allylic oxidation sites excluding steroid dienone is 1. The van der Waals surface area contributed by atoms with Crippen LogP contribution in [0.5, 0.6) is 11.5 Å². The molecule has 0 aromatic heterocycles. The standard InChI is InChI=1S/C18H18N2O3/c1-21-14-4-3-10-5-6-20-13-8-11-7-12(19)16(22-2)9-15(11)23-18(14)17(10)13/h3-4,7,9,15,19H,5-6,8H2,1-2H3/t15-/m1/s1. The third-order valence-corrected chi connectivity index (χ3v) is 4.50. The van der Waals surface area contributed by atoms with Gasteiger partial charge in [0.25, 0.3) is 0 Å². The smallest absolute Gasteiger partial charge is 0.171 e. The maximum absolute atomic E-state index is 8.07. The van der Waals surface area contributed by atoms with Crippen molar-refractivity contribution in [3.8, 4) is 11.5 Å². The molecule has 2 aliphatic heterocycles. The number of ether oxygens (including phenoxy) is 3. The third kappa shape index (κ3) is 2.15. The fourth-order valence-corrected chi connectivity index (χ4v) is 3.37. The van der Waals surface area contributed by atoms with Crippen molar-refractivity contribution >= 4 is 11.4 Å². The van der Waals surface area contributed by atoms with Gasteiger partial charge in [-0.1, -0.05) is 6.07 Å². The highest BCUT2D eigenvalue weighted by atomic mass is 16.5. The van der Waals surface area contributed by atoms with Gasteiger partial charge in [0.05, 0.1) is 25.6 Å². The van der Waals surface area contributed by atoms with E-state index in [1.54, 1.807) is 14.2 Å². The number of fused-ring (bicyclic) bond motifs is 1. The maximum atomic E-state index is 8.07. The van der Waals surface area contributed by atoms with Crippen molar-refractivity contribution in [3.05, 3.63) is 46.7 Å². The minimum absolute atomic E-state index is 0.257. The fraction of sp³-hybridized carbons (Fsp3) is 0.333. The first-order valence-corrected chi connectivity index (χ1v) is 7.66. The molecule has 0 unspecified atom stereocenters. The predicted octanol–water partition coefficient (Wildman–Crippen LogP) is 2.68. The Labute approximate surface area is 134 Å². The van der Waals surface area contributed by atoms with E-state index in [9.17, 15) is 0 Å². The van der Waals surface area contributed by atoms with Crippen LogP contribution in [0.4, 0.5) is 0 Å². The van der Waals surface area contributed by atoms with Gasteiger partial charge in [-0.05, 0) is 29.7 Å². The number of rotatable bonds is 2. The van der Waals surface area contributed by atoms with Crippen molar-refractivity contribution in [2.45, 2.75) is 18.9 Å². The molecule has 1 atom stereocenters. The van der Waals surface area contributed by atoms with Gasteiger partial charge in [0.1, 0.15) is 11.9 Å². The van der Waals surface area contributed by atoms with Crippen LogP contribution in [0.1, 0.15) is 17.5 Å². The molecule has 118 valence electrons. The summed E-state index contributed by atoms with van der Waals surface area (Å²) in [6, 6.07) is 4.05. The Balaban J connectivity index is 1.89. The van der Waals surface area contributed by atoms with Gasteiger partial charge in [0.15, 0.2) is 11.5 Å². The van der Waals surface area contributed by atoms with E-state index in [0.29, 0.717) is 23.6 Å². The molecule has 0 amide bonds. The Morgan fingerprint density at radius 3 is 2.91 bits per heavy atom. The fourth-order valence-electron chi connectivity index (χ4n) is 3.37. The van der Waals surface area contributed by atoms with E-state index < -0.39 is 0 Å². The maximum Gasteiger partial charge on any atom is 0.171 e. The summed E-state index contributed by atoms with van der Waals surface area (Å²) < 4.78 is 17.1. The van der Waals surface area contributed by atoms with E-state index in [1.165, 1.54) is 5.56 Å². The molecule has 0 radical (unpaired) electrons. The molecule has 0 spiro atoms. The first-order valence-electron chi connectivity index (χ1n) is 7.66. The van der Waals surface area contributed by atoms with E-state index in [0.717, 1.165) is 35.6 Å². The minimum Gasteiger partial charge on any atom is -0.495 e. The van der Waals surface area contributed by atoms with Crippen LogP contribution in [0.2, 0.25) is 0 Å². The average Bonchev–Trinajstić information content (AvgIpc) is 2.72. The first-order chi connectivity index (χ1) is 11.2. The van der Waals surface area contributed by atoms with E-state index in [2.05, 4.69) is 6.07 Å². The number of nitrogens with one attached hydrogen (secondary N) is 1. The van der Waals surface area contributed by atoms with Gasteiger partial charge in [-0.15, -0.1) is 0 Å². The van der Waals surface area contributed by atoms with Crippen LogP contribution in [-0.2, 0) is 11.2 Å². The molecule has 0 fully saturated rings. The van der Waals surface area contributed by atoms with E-state index in [4.69, 9.17) is 24.6 Å².